The van der Waals surface area contributed by atoms with Gasteiger partial charge in [-0.05, 0) is 32.0 Å². The number of methoxy groups -OCH3 is 4. The van der Waals surface area contributed by atoms with Crippen LogP contribution >= 0.6 is 0 Å². The first kappa shape index (κ1) is 22.6. The maximum Gasteiger partial charge on any atom is 0.308 e. The maximum absolute atomic E-state index is 11.7. The normalized spacial score (nSPS) is 13.2. The van der Waals surface area contributed by atoms with E-state index in [2.05, 4.69) is 4.74 Å². The summed E-state index contributed by atoms with van der Waals surface area (Å²) in [6, 6.07) is 4.93. The molecule has 0 unspecified atom stereocenters. The lowest BCUT2D eigenvalue weighted by Crippen LogP contribution is -2.27. The number of benzene rings is 2. The molecule has 2 rings (SSSR count). The molecule has 2 aromatic carbocycles. The topological polar surface area (TPSA) is 104 Å². The molecular weight excluding hydrogens is 380 g/mol. The van der Waals surface area contributed by atoms with Gasteiger partial charge in [0.1, 0.15) is 29.1 Å². The summed E-state index contributed by atoms with van der Waals surface area (Å²) in [5.41, 5.74) is 0.256. The Balaban J connectivity index is 2.77. The zero-order valence-electron chi connectivity index (χ0n) is 17.5. The van der Waals surface area contributed by atoms with Gasteiger partial charge in [0, 0.05) is 5.56 Å². The number of hydrogen-bond acceptors (Lipinski definition) is 8. The molecule has 0 bridgehead atoms. The highest BCUT2D eigenvalue weighted by Gasteiger charge is 2.31. The van der Waals surface area contributed by atoms with Crippen molar-refractivity contribution in [2.75, 3.05) is 28.4 Å². The molecule has 29 heavy (non-hydrogen) atoms. The maximum atomic E-state index is 11.7. The van der Waals surface area contributed by atoms with Crippen LogP contribution in [0.1, 0.15) is 31.9 Å². The molecule has 8 heteroatoms. The molecule has 2 aromatic rings. The summed E-state index contributed by atoms with van der Waals surface area (Å²) < 4.78 is 26.9. The van der Waals surface area contributed by atoms with E-state index in [1.54, 1.807) is 32.0 Å². The minimum Gasteiger partial charge on any atom is -0.507 e. The summed E-state index contributed by atoms with van der Waals surface area (Å²) in [6.07, 6.45) is -2.86. The van der Waals surface area contributed by atoms with E-state index in [0.717, 1.165) is 0 Å². The highest BCUT2D eigenvalue weighted by Crippen LogP contribution is 2.48. The van der Waals surface area contributed by atoms with Crippen molar-refractivity contribution in [1.29, 1.82) is 0 Å². The minimum absolute atomic E-state index is 0.161. The highest BCUT2D eigenvalue weighted by molar-refractivity contribution is 6.02. The quantitative estimate of drug-likeness (QED) is 0.611. The van der Waals surface area contributed by atoms with E-state index in [9.17, 15) is 15.0 Å². The van der Waals surface area contributed by atoms with Crippen molar-refractivity contribution in [1.82, 2.24) is 0 Å². The third-order valence-corrected chi connectivity index (χ3v) is 4.51. The fourth-order valence-electron chi connectivity index (χ4n) is 3.21. The van der Waals surface area contributed by atoms with Crippen molar-refractivity contribution in [2.45, 2.75) is 38.6 Å². The second-order valence-electron chi connectivity index (χ2n) is 6.69. The summed E-state index contributed by atoms with van der Waals surface area (Å²) in [5, 5.41) is 22.7. The molecule has 160 valence electrons. The van der Waals surface area contributed by atoms with Gasteiger partial charge in [-0.15, -0.1) is 0 Å². The molecule has 0 amide bonds. The summed E-state index contributed by atoms with van der Waals surface area (Å²) in [7, 11) is 5.71. The lowest BCUT2D eigenvalue weighted by atomic mass is 9.95. The average Bonchev–Trinajstić information content (AvgIpc) is 2.71. The molecular formula is C21H28O8. The van der Waals surface area contributed by atoms with Crippen LogP contribution in [0.25, 0.3) is 10.8 Å². The Morgan fingerprint density at radius 3 is 2.00 bits per heavy atom. The molecule has 0 saturated carbocycles. The number of carbonyl (C=O) groups excluding carboxylic acids is 1. The van der Waals surface area contributed by atoms with E-state index in [1.165, 1.54) is 28.4 Å². The number of aliphatic hydroxyl groups is 1. The monoisotopic (exact) mass is 408 g/mol. The van der Waals surface area contributed by atoms with Crippen LogP contribution in [-0.4, -0.2) is 56.8 Å². The van der Waals surface area contributed by atoms with E-state index in [0.29, 0.717) is 28.0 Å². The van der Waals surface area contributed by atoms with Crippen LogP contribution in [-0.2, 0) is 14.3 Å². The van der Waals surface area contributed by atoms with Crippen molar-refractivity contribution >= 4 is 16.7 Å². The number of esters is 1. The molecule has 0 aliphatic carbocycles. The number of aromatic hydroxyl groups is 1. The molecule has 8 nitrogen and oxygen atoms in total. The van der Waals surface area contributed by atoms with Crippen LogP contribution in [0.4, 0.5) is 0 Å². The van der Waals surface area contributed by atoms with Crippen molar-refractivity contribution in [3.63, 3.8) is 0 Å². The van der Waals surface area contributed by atoms with Gasteiger partial charge in [0.25, 0.3) is 0 Å². The molecule has 0 aromatic heterocycles. The highest BCUT2D eigenvalue weighted by atomic mass is 16.5. The van der Waals surface area contributed by atoms with Gasteiger partial charge in [0.2, 0.25) is 0 Å². The van der Waals surface area contributed by atoms with Gasteiger partial charge in [-0.2, -0.15) is 0 Å². The third kappa shape index (κ3) is 4.65. The first-order chi connectivity index (χ1) is 13.8. The molecule has 0 aliphatic heterocycles. The Morgan fingerprint density at radius 1 is 0.966 bits per heavy atom. The van der Waals surface area contributed by atoms with Crippen molar-refractivity contribution in [2.24, 2.45) is 0 Å². The number of phenols is 1. The van der Waals surface area contributed by atoms with Crippen molar-refractivity contribution in [3.05, 3.63) is 23.8 Å². The first-order valence-corrected chi connectivity index (χ1v) is 9.13. The van der Waals surface area contributed by atoms with Crippen molar-refractivity contribution < 1.29 is 38.7 Å². The Morgan fingerprint density at radius 2 is 1.52 bits per heavy atom. The van der Waals surface area contributed by atoms with E-state index >= 15 is 0 Å². The fourth-order valence-corrected chi connectivity index (χ4v) is 3.21. The molecule has 2 N–H and O–H groups in total. The second kappa shape index (κ2) is 9.67. The first-order valence-electron chi connectivity index (χ1n) is 9.13. The zero-order chi connectivity index (χ0) is 21.7. The number of phenolic OH excluding ortho intramolecular Hbond substituents is 1. The lowest BCUT2D eigenvalue weighted by molar-refractivity contribution is -0.147. The molecule has 0 fully saturated rings. The Kier molecular flexibility index (Phi) is 7.53. The average molecular weight is 408 g/mol. The Hall–Kier alpha value is -2.71. The number of hydrogen-bond donors (Lipinski definition) is 2. The molecule has 2 atom stereocenters. The van der Waals surface area contributed by atoms with Gasteiger partial charge in [0.15, 0.2) is 0 Å². The largest absolute Gasteiger partial charge is 0.507 e. The number of fused-ring (bicyclic) bond motifs is 1. The Bertz CT molecular complexity index is 862. The van der Waals surface area contributed by atoms with E-state index in [4.69, 9.17) is 18.9 Å². The third-order valence-electron chi connectivity index (χ3n) is 4.51. The number of carbonyl (C=O) groups is 1. The number of aliphatic hydroxyl groups excluding tert-OH is 1. The number of rotatable bonds is 9. The predicted molar refractivity (Wildman–Crippen MR) is 107 cm³/mol. The van der Waals surface area contributed by atoms with E-state index < -0.39 is 18.2 Å². The minimum atomic E-state index is -1.26. The van der Waals surface area contributed by atoms with Crippen LogP contribution in [0.3, 0.4) is 0 Å². The molecule has 0 spiro atoms. The number of ether oxygens (including phenoxy) is 5. The molecule has 0 heterocycles. The van der Waals surface area contributed by atoms with Crippen LogP contribution in [0.2, 0.25) is 0 Å². The SMILES string of the molecule is COC(=O)C[C@@H](O)[C@H](OC(C)C)c1cc(OC)c2c(OC)ccc(OC)c2c1O. The van der Waals surface area contributed by atoms with Crippen LogP contribution in [0.15, 0.2) is 18.2 Å². The van der Waals surface area contributed by atoms with Crippen LogP contribution in [0.5, 0.6) is 23.0 Å². The zero-order valence-corrected chi connectivity index (χ0v) is 17.5. The van der Waals surface area contributed by atoms with Gasteiger partial charge >= 0.3 is 5.97 Å². The molecule has 0 aliphatic rings. The van der Waals surface area contributed by atoms with E-state index in [-0.39, 0.29) is 23.8 Å². The Labute approximate surface area is 169 Å². The summed E-state index contributed by atoms with van der Waals surface area (Å²) in [6.45, 7) is 3.58. The van der Waals surface area contributed by atoms with Gasteiger partial charge < -0.3 is 33.9 Å². The second-order valence-corrected chi connectivity index (χ2v) is 6.69. The molecule has 0 radical (unpaired) electrons. The van der Waals surface area contributed by atoms with Gasteiger partial charge in [-0.3, -0.25) is 4.79 Å². The summed E-state index contributed by atoms with van der Waals surface area (Å²) >= 11 is 0. The van der Waals surface area contributed by atoms with E-state index in [1.807, 2.05) is 0 Å². The van der Waals surface area contributed by atoms with Gasteiger partial charge in [-0.1, -0.05) is 0 Å². The molecule has 0 saturated heterocycles. The van der Waals surface area contributed by atoms with Gasteiger partial charge in [-0.25, -0.2) is 0 Å². The fraction of sp³-hybridized carbons (Fsp3) is 0.476. The van der Waals surface area contributed by atoms with Crippen molar-refractivity contribution in [3.8, 4) is 23.0 Å². The lowest BCUT2D eigenvalue weighted by Gasteiger charge is -2.27. The van der Waals surface area contributed by atoms with Crippen LogP contribution in [0, 0.1) is 0 Å². The predicted octanol–water partition coefficient (Wildman–Crippen LogP) is 2.96. The van der Waals surface area contributed by atoms with Gasteiger partial charge in [0.05, 0.1) is 57.8 Å². The summed E-state index contributed by atoms with van der Waals surface area (Å²) in [4.78, 5) is 11.7. The van der Waals surface area contributed by atoms with Crippen LogP contribution < -0.4 is 14.2 Å². The summed E-state index contributed by atoms with van der Waals surface area (Å²) in [5.74, 6) is 0.513. The standard InChI is InChI=1S/C21H28O8/c1-11(2)29-21(13(22)10-17(23)28-6)12-9-16(27-5)18-14(25-3)7-8-15(26-4)19(18)20(12)24/h7-9,11,13,21-22,24H,10H2,1-6H3/t13-,21-/m1/s1. The smallest absolute Gasteiger partial charge is 0.308 e.